The van der Waals surface area contributed by atoms with Crippen LogP contribution in [0.5, 0.6) is 0 Å². The van der Waals surface area contributed by atoms with E-state index < -0.39 is 0 Å². The maximum atomic E-state index is 12.9. The molecule has 0 saturated carbocycles. The average molecular weight is 462 g/mol. The van der Waals surface area contributed by atoms with Crippen molar-refractivity contribution >= 4 is 17.7 Å². The van der Waals surface area contributed by atoms with Crippen molar-refractivity contribution in [2.24, 2.45) is 0 Å². The molecule has 1 unspecified atom stereocenters. The standard InChI is InChI=1S/C27H31N3O4/c31-25(28-16-20-7-2-3-8-21(20)17-29-12-4-1-5-13-29)19-10-11-23-24(15-19)27(33)30(26(23)32)18-22-9-6-14-34-22/h2-3,7-8,10-11,15,22H,1,4-6,9,12-14,16-18H2,(H,28,31). The normalized spacial score (nSPS) is 20.6. The Hall–Kier alpha value is -3.03. The van der Waals surface area contributed by atoms with Crippen LogP contribution in [0.25, 0.3) is 0 Å². The summed E-state index contributed by atoms with van der Waals surface area (Å²) in [5.74, 6) is -0.917. The predicted molar refractivity (Wildman–Crippen MR) is 128 cm³/mol. The summed E-state index contributed by atoms with van der Waals surface area (Å²) in [6, 6.07) is 12.9. The minimum Gasteiger partial charge on any atom is -0.376 e. The Morgan fingerprint density at radius 2 is 1.71 bits per heavy atom. The van der Waals surface area contributed by atoms with Gasteiger partial charge in [0, 0.05) is 25.3 Å². The van der Waals surface area contributed by atoms with Gasteiger partial charge in [-0.25, -0.2) is 0 Å². The monoisotopic (exact) mass is 461 g/mol. The Kier molecular flexibility index (Phi) is 6.74. The largest absolute Gasteiger partial charge is 0.376 e. The van der Waals surface area contributed by atoms with E-state index in [0.717, 1.165) is 38.0 Å². The lowest BCUT2D eigenvalue weighted by atomic mass is 10.0. The van der Waals surface area contributed by atoms with Gasteiger partial charge < -0.3 is 10.1 Å². The molecule has 3 amide bonds. The van der Waals surface area contributed by atoms with E-state index in [0.29, 0.717) is 29.8 Å². The summed E-state index contributed by atoms with van der Waals surface area (Å²) in [5.41, 5.74) is 3.35. The fourth-order valence-electron chi connectivity index (χ4n) is 5.11. The van der Waals surface area contributed by atoms with Gasteiger partial charge >= 0.3 is 0 Å². The topological polar surface area (TPSA) is 79.0 Å². The molecule has 34 heavy (non-hydrogen) atoms. The van der Waals surface area contributed by atoms with Crippen molar-refractivity contribution in [2.75, 3.05) is 26.2 Å². The van der Waals surface area contributed by atoms with E-state index in [2.05, 4.69) is 16.3 Å². The van der Waals surface area contributed by atoms with Crippen LogP contribution in [0, 0.1) is 0 Å². The fraction of sp³-hybridized carbons (Fsp3) is 0.444. The Morgan fingerprint density at radius 1 is 0.941 bits per heavy atom. The molecule has 7 nitrogen and oxygen atoms in total. The average Bonchev–Trinajstić information content (AvgIpc) is 3.47. The molecule has 0 spiro atoms. The lowest BCUT2D eigenvalue weighted by Gasteiger charge is -2.27. The van der Waals surface area contributed by atoms with E-state index in [9.17, 15) is 14.4 Å². The van der Waals surface area contributed by atoms with Crippen LogP contribution in [0.15, 0.2) is 42.5 Å². The molecule has 3 heterocycles. The van der Waals surface area contributed by atoms with Gasteiger partial charge in [0.1, 0.15) is 0 Å². The van der Waals surface area contributed by atoms with Crippen molar-refractivity contribution in [1.82, 2.24) is 15.1 Å². The quantitative estimate of drug-likeness (QED) is 0.640. The molecule has 1 atom stereocenters. The van der Waals surface area contributed by atoms with E-state index >= 15 is 0 Å². The second-order valence-corrected chi connectivity index (χ2v) is 9.40. The molecular weight excluding hydrogens is 430 g/mol. The summed E-state index contributed by atoms with van der Waals surface area (Å²) in [7, 11) is 0. The zero-order chi connectivity index (χ0) is 23.5. The van der Waals surface area contributed by atoms with Gasteiger partial charge in [-0.2, -0.15) is 0 Å². The first kappa shape index (κ1) is 22.7. The van der Waals surface area contributed by atoms with Gasteiger partial charge in [0.05, 0.1) is 23.8 Å². The molecule has 0 radical (unpaired) electrons. The van der Waals surface area contributed by atoms with Crippen molar-refractivity contribution < 1.29 is 19.1 Å². The Morgan fingerprint density at radius 3 is 2.47 bits per heavy atom. The number of hydrogen-bond donors (Lipinski definition) is 1. The van der Waals surface area contributed by atoms with Crippen LogP contribution in [0.1, 0.15) is 74.3 Å². The Labute approximate surface area is 200 Å². The molecule has 2 aromatic carbocycles. The number of hydrogen-bond acceptors (Lipinski definition) is 5. The number of piperidine rings is 1. The van der Waals surface area contributed by atoms with Crippen molar-refractivity contribution in [3.63, 3.8) is 0 Å². The van der Waals surface area contributed by atoms with Crippen molar-refractivity contribution in [2.45, 2.75) is 51.3 Å². The molecular formula is C27H31N3O4. The van der Waals surface area contributed by atoms with Gasteiger partial charge in [-0.15, -0.1) is 0 Å². The van der Waals surface area contributed by atoms with Crippen LogP contribution in [-0.2, 0) is 17.8 Å². The van der Waals surface area contributed by atoms with Crippen LogP contribution in [-0.4, -0.2) is 59.9 Å². The molecule has 3 aliphatic heterocycles. The third kappa shape index (κ3) is 4.76. The lowest BCUT2D eigenvalue weighted by Crippen LogP contribution is -2.36. The van der Waals surface area contributed by atoms with Gasteiger partial charge in [0.2, 0.25) is 0 Å². The molecule has 178 valence electrons. The molecule has 3 aliphatic rings. The smallest absolute Gasteiger partial charge is 0.261 e. The molecule has 7 heteroatoms. The first-order chi connectivity index (χ1) is 16.6. The number of carbonyl (C=O) groups is 3. The number of benzene rings is 2. The summed E-state index contributed by atoms with van der Waals surface area (Å²) < 4.78 is 5.59. The van der Waals surface area contributed by atoms with Crippen molar-refractivity contribution in [3.05, 3.63) is 70.3 Å². The first-order valence-corrected chi connectivity index (χ1v) is 12.3. The van der Waals surface area contributed by atoms with Gasteiger partial charge in [-0.1, -0.05) is 30.7 Å². The minimum absolute atomic E-state index is 0.102. The molecule has 0 bridgehead atoms. The summed E-state index contributed by atoms with van der Waals surface area (Å²) in [6.45, 7) is 4.47. The molecule has 1 N–H and O–H groups in total. The highest BCUT2D eigenvalue weighted by atomic mass is 16.5. The molecule has 2 saturated heterocycles. The summed E-state index contributed by atoms with van der Waals surface area (Å²) >= 11 is 0. The SMILES string of the molecule is O=C(NCc1ccccc1CN1CCCCC1)c1ccc2c(c1)C(=O)N(CC1CCCO1)C2=O. The number of ether oxygens (including phenoxy) is 1. The van der Waals surface area contributed by atoms with Gasteiger partial charge in [0.25, 0.3) is 17.7 Å². The third-order valence-electron chi connectivity index (χ3n) is 7.04. The number of amides is 3. The highest BCUT2D eigenvalue weighted by Gasteiger charge is 2.38. The number of carbonyl (C=O) groups excluding carboxylic acids is 3. The number of fused-ring (bicyclic) bond motifs is 1. The van der Waals surface area contributed by atoms with Crippen LogP contribution in [0.4, 0.5) is 0 Å². The van der Waals surface area contributed by atoms with Gasteiger partial charge in [0.15, 0.2) is 0 Å². The molecule has 2 aromatic rings. The maximum absolute atomic E-state index is 12.9. The van der Waals surface area contributed by atoms with E-state index in [1.165, 1.54) is 29.7 Å². The zero-order valence-electron chi connectivity index (χ0n) is 19.4. The summed E-state index contributed by atoms with van der Waals surface area (Å²) in [6.07, 6.45) is 5.47. The predicted octanol–water partition coefficient (Wildman–Crippen LogP) is 3.38. The van der Waals surface area contributed by atoms with Crippen LogP contribution >= 0.6 is 0 Å². The summed E-state index contributed by atoms with van der Waals surface area (Å²) in [4.78, 5) is 42.3. The zero-order valence-corrected chi connectivity index (χ0v) is 19.4. The minimum atomic E-state index is -0.350. The van der Waals surface area contributed by atoms with Gasteiger partial charge in [-0.05, 0) is 68.1 Å². The number of nitrogens with zero attached hydrogens (tertiary/aromatic N) is 2. The van der Waals surface area contributed by atoms with E-state index in [1.807, 2.05) is 18.2 Å². The maximum Gasteiger partial charge on any atom is 0.261 e. The lowest BCUT2D eigenvalue weighted by molar-refractivity contribution is 0.0475. The van der Waals surface area contributed by atoms with Crippen molar-refractivity contribution in [3.8, 4) is 0 Å². The molecule has 0 aliphatic carbocycles. The highest BCUT2D eigenvalue weighted by Crippen LogP contribution is 2.26. The second kappa shape index (κ2) is 10.1. The van der Waals surface area contributed by atoms with Gasteiger partial charge in [-0.3, -0.25) is 24.2 Å². The molecule has 2 fully saturated rings. The first-order valence-electron chi connectivity index (χ1n) is 12.3. The van der Waals surface area contributed by atoms with E-state index in [1.54, 1.807) is 18.2 Å². The second-order valence-electron chi connectivity index (χ2n) is 9.40. The fourth-order valence-corrected chi connectivity index (χ4v) is 5.11. The van der Waals surface area contributed by atoms with Crippen LogP contribution < -0.4 is 5.32 Å². The van der Waals surface area contributed by atoms with E-state index in [-0.39, 0.29) is 30.4 Å². The Balaban J connectivity index is 1.24. The van der Waals surface area contributed by atoms with E-state index in [4.69, 9.17) is 4.74 Å². The number of imide groups is 1. The number of nitrogens with one attached hydrogen (secondary N) is 1. The molecule has 0 aromatic heterocycles. The highest BCUT2D eigenvalue weighted by molar-refractivity contribution is 6.22. The Bertz CT molecular complexity index is 1090. The van der Waals surface area contributed by atoms with Crippen molar-refractivity contribution in [1.29, 1.82) is 0 Å². The number of likely N-dealkylation sites (tertiary alicyclic amines) is 1. The number of rotatable bonds is 7. The van der Waals surface area contributed by atoms with Crippen LogP contribution in [0.3, 0.4) is 0 Å². The summed E-state index contributed by atoms with van der Waals surface area (Å²) in [5, 5.41) is 2.99. The van der Waals surface area contributed by atoms with Crippen LogP contribution in [0.2, 0.25) is 0 Å². The third-order valence-corrected chi connectivity index (χ3v) is 7.04. The molecule has 5 rings (SSSR count).